The Labute approximate surface area is 127 Å². The summed E-state index contributed by atoms with van der Waals surface area (Å²) in [6.07, 6.45) is 9.02. The van der Waals surface area contributed by atoms with Crippen LogP contribution < -0.4 is 15.5 Å². The zero-order valence-electron chi connectivity index (χ0n) is 13.1. The van der Waals surface area contributed by atoms with Crippen LogP contribution in [0, 0.1) is 0 Å². The van der Waals surface area contributed by atoms with Gasteiger partial charge in [0.25, 0.3) is 0 Å². The van der Waals surface area contributed by atoms with Gasteiger partial charge in [-0.3, -0.25) is 0 Å². The van der Waals surface area contributed by atoms with Crippen LogP contribution in [-0.4, -0.2) is 31.2 Å². The Hall–Kier alpha value is -1.78. The Bertz CT molecular complexity index is 453. The van der Waals surface area contributed by atoms with Crippen LogP contribution in [0.15, 0.2) is 18.3 Å². The van der Waals surface area contributed by atoms with E-state index in [9.17, 15) is 4.79 Å². The van der Waals surface area contributed by atoms with E-state index in [-0.39, 0.29) is 6.03 Å². The van der Waals surface area contributed by atoms with Crippen LogP contribution in [0.4, 0.5) is 10.6 Å². The van der Waals surface area contributed by atoms with Gasteiger partial charge < -0.3 is 15.5 Å². The maximum Gasteiger partial charge on any atom is 0.315 e. The highest BCUT2D eigenvalue weighted by atomic mass is 16.2. The molecule has 0 atom stereocenters. The lowest BCUT2D eigenvalue weighted by molar-refractivity contribution is 0.235. The van der Waals surface area contributed by atoms with Crippen molar-refractivity contribution in [1.82, 2.24) is 15.6 Å². The van der Waals surface area contributed by atoms with Crippen LogP contribution in [0.25, 0.3) is 0 Å². The van der Waals surface area contributed by atoms with Crippen molar-refractivity contribution in [3.05, 3.63) is 23.9 Å². The summed E-state index contributed by atoms with van der Waals surface area (Å²) in [5.74, 6) is 0.901. The first-order valence-electron chi connectivity index (χ1n) is 7.82. The fourth-order valence-electron chi connectivity index (χ4n) is 2.66. The van der Waals surface area contributed by atoms with E-state index in [0.717, 1.165) is 24.2 Å². The lowest BCUT2D eigenvalue weighted by Crippen LogP contribution is -2.41. The molecule has 1 heterocycles. The van der Waals surface area contributed by atoms with Crippen molar-refractivity contribution in [3.8, 4) is 0 Å². The quantitative estimate of drug-likeness (QED) is 0.838. The van der Waals surface area contributed by atoms with Crippen molar-refractivity contribution in [2.24, 2.45) is 0 Å². The molecule has 1 aromatic heterocycles. The summed E-state index contributed by atoms with van der Waals surface area (Å²) >= 11 is 0. The molecule has 5 nitrogen and oxygen atoms in total. The standard InChI is InChI=1S/C16H26N4O/c1-20(2)15-11-13(9-10-17-15)12-18-16(21)19-14-7-5-3-4-6-8-14/h9-11,14H,3-8,12H2,1-2H3,(H2,18,19,21). The van der Waals surface area contributed by atoms with E-state index in [0.29, 0.717) is 12.6 Å². The second-order valence-electron chi connectivity index (χ2n) is 5.93. The Morgan fingerprint density at radius 3 is 2.67 bits per heavy atom. The molecule has 0 aliphatic heterocycles. The molecular formula is C16H26N4O. The van der Waals surface area contributed by atoms with Crippen LogP contribution >= 0.6 is 0 Å². The van der Waals surface area contributed by atoms with Crippen molar-refractivity contribution < 1.29 is 4.79 Å². The normalized spacial score (nSPS) is 16.1. The van der Waals surface area contributed by atoms with Crippen LogP contribution in [-0.2, 0) is 6.54 Å². The predicted octanol–water partition coefficient (Wildman–Crippen LogP) is 2.67. The molecule has 0 spiro atoms. The summed E-state index contributed by atoms with van der Waals surface area (Å²) < 4.78 is 0. The highest BCUT2D eigenvalue weighted by Gasteiger charge is 2.14. The molecule has 1 fully saturated rings. The first kappa shape index (κ1) is 15.6. The molecule has 116 valence electrons. The van der Waals surface area contributed by atoms with Gasteiger partial charge in [0.2, 0.25) is 0 Å². The maximum absolute atomic E-state index is 12.0. The van der Waals surface area contributed by atoms with Gasteiger partial charge in [0, 0.05) is 32.9 Å². The monoisotopic (exact) mass is 290 g/mol. The molecule has 1 aliphatic rings. The molecular weight excluding hydrogens is 264 g/mol. The van der Waals surface area contributed by atoms with Crippen molar-refractivity contribution in [1.29, 1.82) is 0 Å². The third-order valence-electron chi connectivity index (χ3n) is 3.91. The summed E-state index contributed by atoms with van der Waals surface area (Å²) in [7, 11) is 3.91. The average molecular weight is 290 g/mol. The van der Waals surface area contributed by atoms with Gasteiger partial charge in [-0.2, -0.15) is 0 Å². The fourth-order valence-corrected chi connectivity index (χ4v) is 2.66. The minimum absolute atomic E-state index is 0.0647. The van der Waals surface area contributed by atoms with Gasteiger partial charge in [0.1, 0.15) is 5.82 Å². The van der Waals surface area contributed by atoms with E-state index in [1.807, 2.05) is 31.1 Å². The summed E-state index contributed by atoms with van der Waals surface area (Å²) in [4.78, 5) is 18.2. The van der Waals surface area contributed by atoms with E-state index in [4.69, 9.17) is 0 Å². The smallest absolute Gasteiger partial charge is 0.315 e. The van der Waals surface area contributed by atoms with E-state index in [1.54, 1.807) is 6.20 Å². The molecule has 21 heavy (non-hydrogen) atoms. The second kappa shape index (κ2) is 7.86. The van der Waals surface area contributed by atoms with E-state index >= 15 is 0 Å². The molecule has 0 saturated heterocycles. The lowest BCUT2D eigenvalue weighted by Gasteiger charge is -2.17. The van der Waals surface area contributed by atoms with E-state index in [1.165, 1.54) is 25.7 Å². The Morgan fingerprint density at radius 1 is 1.29 bits per heavy atom. The minimum Gasteiger partial charge on any atom is -0.363 e. The highest BCUT2D eigenvalue weighted by Crippen LogP contribution is 2.17. The number of carbonyl (C=O) groups excluding carboxylic acids is 1. The van der Waals surface area contributed by atoms with Gasteiger partial charge in [-0.25, -0.2) is 9.78 Å². The number of carbonyl (C=O) groups is 1. The fraction of sp³-hybridized carbons (Fsp3) is 0.625. The zero-order chi connectivity index (χ0) is 15.1. The molecule has 1 aromatic rings. The van der Waals surface area contributed by atoms with Gasteiger partial charge in [-0.1, -0.05) is 25.7 Å². The first-order valence-corrected chi connectivity index (χ1v) is 7.82. The van der Waals surface area contributed by atoms with E-state index in [2.05, 4.69) is 15.6 Å². The summed E-state index contributed by atoms with van der Waals surface area (Å²) in [6, 6.07) is 4.19. The molecule has 0 bridgehead atoms. The van der Waals surface area contributed by atoms with Gasteiger partial charge >= 0.3 is 6.03 Å². The summed E-state index contributed by atoms with van der Waals surface area (Å²) in [5, 5.41) is 6.03. The maximum atomic E-state index is 12.0. The van der Waals surface area contributed by atoms with Crippen LogP contribution in [0.1, 0.15) is 44.1 Å². The van der Waals surface area contributed by atoms with Crippen LogP contribution in [0.5, 0.6) is 0 Å². The van der Waals surface area contributed by atoms with Crippen molar-refractivity contribution in [2.45, 2.75) is 51.1 Å². The van der Waals surface area contributed by atoms with Crippen molar-refractivity contribution >= 4 is 11.8 Å². The highest BCUT2D eigenvalue weighted by molar-refractivity contribution is 5.74. The van der Waals surface area contributed by atoms with Gasteiger partial charge in [-0.05, 0) is 30.5 Å². The largest absolute Gasteiger partial charge is 0.363 e. The number of amides is 2. The predicted molar refractivity (Wildman–Crippen MR) is 85.4 cm³/mol. The number of nitrogens with zero attached hydrogens (tertiary/aromatic N) is 2. The molecule has 5 heteroatoms. The average Bonchev–Trinajstić information content (AvgIpc) is 2.74. The topological polar surface area (TPSA) is 57.3 Å². The Balaban J connectivity index is 1.79. The van der Waals surface area contributed by atoms with Crippen LogP contribution in [0.2, 0.25) is 0 Å². The van der Waals surface area contributed by atoms with Crippen molar-refractivity contribution in [2.75, 3.05) is 19.0 Å². The SMILES string of the molecule is CN(C)c1cc(CNC(=O)NC2CCCCCC2)ccn1. The number of urea groups is 1. The molecule has 1 saturated carbocycles. The number of pyridine rings is 1. The van der Waals surface area contributed by atoms with Gasteiger partial charge in [-0.15, -0.1) is 0 Å². The van der Waals surface area contributed by atoms with E-state index < -0.39 is 0 Å². The molecule has 0 unspecified atom stereocenters. The molecule has 2 N–H and O–H groups in total. The van der Waals surface area contributed by atoms with Gasteiger partial charge in [0.15, 0.2) is 0 Å². The second-order valence-corrected chi connectivity index (χ2v) is 5.93. The Kier molecular flexibility index (Phi) is 5.84. The minimum atomic E-state index is -0.0647. The number of hydrogen-bond acceptors (Lipinski definition) is 3. The third-order valence-corrected chi connectivity index (χ3v) is 3.91. The molecule has 1 aliphatic carbocycles. The Morgan fingerprint density at radius 2 is 2.00 bits per heavy atom. The molecule has 2 rings (SSSR count). The zero-order valence-corrected chi connectivity index (χ0v) is 13.1. The number of aromatic nitrogens is 1. The lowest BCUT2D eigenvalue weighted by atomic mass is 10.1. The number of anilines is 1. The molecule has 0 radical (unpaired) electrons. The van der Waals surface area contributed by atoms with Crippen LogP contribution in [0.3, 0.4) is 0 Å². The van der Waals surface area contributed by atoms with Crippen molar-refractivity contribution in [3.63, 3.8) is 0 Å². The van der Waals surface area contributed by atoms with Gasteiger partial charge in [0.05, 0.1) is 0 Å². The third kappa shape index (κ3) is 5.25. The number of nitrogens with one attached hydrogen (secondary N) is 2. The summed E-state index contributed by atoms with van der Waals surface area (Å²) in [5.41, 5.74) is 1.06. The first-order chi connectivity index (χ1) is 10.1. The molecule has 2 amide bonds. The number of rotatable bonds is 4. The summed E-state index contributed by atoms with van der Waals surface area (Å²) in [6.45, 7) is 0.530. The number of hydrogen-bond donors (Lipinski definition) is 2. The molecule has 0 aromatic carbocycles.